The van der Waals surface area contributed by atoms with Crippen molar-refractivity contribution in [2.75, 3.05) is 0 Å². The van der Waals surface area contributed by atoms with Gasteiger partial charge in [-0.1, -0.05) is 5.57 Å². The molecule has 1 N–H and O–H groups in total. The van der Waals surface area contributed by atoms with Crippen LogP contribution in [0.2, 0.25) is 0 Å². The monoisotopic (exact) mass is 112 g/mol. The van der Waals surface area contributed by atoms with Gasteiger partial charge in [-0.3, -0.25) is 5.43 Å². The molecule has 0 aliphatic rings. The van der Waals surface area contributed by atoms with E-state index in [1.54, 1.807) is 6.21 Å². The van der Waals surface area contributed by atoms with Crippen LogP contribution in [-0.2, 0) is 0 Å². The van der Waals surface area contributed by atoms with Crippen LogP contribution in [0, 0.1) is 0 Å². The zero-order chi connectivity index (χ0) is 6.41. The lowest BCUT2D eigenvalue weighted by Gasteiger charge is -1.87. The van der Waals surface area contributed by atoms with E-state index in [-0.39, 0.29) is 0 Å². The van der Waals surface area contributed by atoms with E-state index in [9.17, 15) is 0 Å². The molecule has 0 saturated carbocycles. The van der Waals surface area contributed by atoms with Crippen LogP contribution in [0.5, 0.6) is 0 Å². The normalized spacial score (nSPS) is 9.38. The molecule has 0 aromatic heterocycles. The molecule has 0 bridgehead atoms. The number of hydrogen-bond acceptors (Lipinski definition) is 2. The molecule has 0 saturated heterocycles. The van der Waals surface area contributed by atoms with Crippen molar-refractivity contribution in [2.24, 2.45) is 5.10 Å². The minimum absolute atomic E-state index is 1.22. The van der Waals surface area contributed by atoms with Crippen molar-refractivity contribution in [3.8, 4) is 0 Å². The van der Waals surface area contributed by atoms with Gasteiger partial charge in [-0.15, -0.1) is 0 Å². The Balaban J connectivity index is 3.30. The fraction of sp³-hybridized carbons (Fsp3) is 0.500. The van der Waals surface area contributed by atoms with E-state index in [2.05, 4.69) is 10.5 Å². The summed E-state index contributed by atoms with van der Waals surface area (Å²) >= 11 is 0. The maximum Gasteiger partial charge on any atom is 0.0215 e. The summed E-state index contributed by atoms with van der Waals surface area (Å²) in [5.74, 6) is 0. The minimum Gasteiger partial charge on any atom is -0.286 e. The van der Waals surface area contributed by atoms with Crippen molar-refractivity contribution in [2.45, 2.75) is 20.8 Å². The van der Waals surface area contributed by atoms with Crippen LogP contribution in [0.15, 0.2) is 16.9 Å². The molecule has 0 aromatic rings. The zero-order valence-electron chi connectivity index (χ0n) is 5.60. The summed E-state index contributed by atoms with van der Waals surface area (Å²) in [7, 11) is 0. The average Bonchev–Trinajstić information content (AvgIpc) is 1.66. The molecule has 8 heavy (non-hydrogen) atoms. The van der Waals surface area contributed by atoms with Crippen LogP contribution in [-0.4, -0.2) is 6.21 Å². The van der Waals surface area contributed by atoms with Crippen LogP contribution in [0.25, 0.3) is 0 Å². The fourth-order valence-electron chi connectivity index (χ4n) is 0.241. The molecular formula is C6H12N2. The first-order valence-electron chi connectivity index (χ1n) is 2.64. The number of hydrazone groups is 1. The molecule has 0 amide bonds. The molecule has 0 heterocycles. The molecule has 46 valence electrons. The molecule has 0 aliphatic carbocycles. The number of hydrogen-bond donors (Lipinski definition) is 1. The maximum atomic E-state index is 3.76. The molecule has 0 radical (unpaired) electrons. The van der Waals surface area contributed by atoms with E-state index in [0.29, 0.717) is 0 Å². The first kappa shape index (κ1) is 7.21. The van der Waals surface area contributed by atoms with Crippen molar-refractivity contribution in [3.05, 3.63) is 11.8 Å². The van der Waals surface area contributed by atoms with E-state index in [1.165, 1.54) is 5.57 Å². The van der Waals surface area contributed by atoms with Gasteiger partial charge in [0.1, 0.15) is 0 Å². The molecule has 0 aliphatic heterocycles. The fourth-order valence-corrected chi connectivity index (χ4v) is 0.241. The number of allylic oxidation sites excluding steroid dienone is 1. The van der Waals surface area contributed by atoms with Crippen molar-refractivity contribution >= 4 is 6.21 Å². The number of nitrogens with one attached hydrogen (secondary N) is 1. The highest BCUT2D eigenvalue weighted by molar-refractivity contribution is 5.52. The van der Waals surface area contributed by atoms with Crippen LogP contribution in [0.4, 0.5) is 0 Å². The standard InChI is InChI=1S/C6H12N2/c1-4-7-8-5-6(2)3/h4-5,8H,1-3H3/b7-4-. The Hall–Kier alpha value is -0.790. The van der Waals surface area contributed by atoms with Crippen LogP contribution in [0.3, 0.4) is 0 Å². The van der Waals surface area contributed by atoms with Gasteiger partial charge in [0.15, 0.2) is 0 Å². The third kappa shape index (κ3) is 5.21. The van der Waals surface area contributed by atoms with Gasteiger partial charge in [-0.25, -0.2) is 0 Å². The second-order valence-electron chi connectivity index (χ2n) is 1.74. The van der Waals surface area contributed by atoms with Crippen molar-refractivity contribution in [1.82, 2.24) is 5.43 Å². The second kappa shape index (κ2) is 4.37. The molecule has 0 unspecified atom stereocenters. The Bertz CT molecular complexity index is 99.1. The van der Waals surface area contributed by atoms with Gasteiger partial charge in [-0.05, 0) is 20.8 Å². The van der Waals surface area contributed by atoms with Gasteiger partial charge in [-0.2, -0.15) is 5.10 Å². The summed E-state index contributed by atoms with van der Waals surface area (Å²) in [6, 6.07) is 0. The summed E-state index contributed by atoms with van der Waals surface area (Å²) < 4.78 is 0. The SMILES string of the molecule is C/C=N\NC=C(C)C. The lowest BCUT2D eigenvalue weighted by molar-refractivity contribution is 0.956. The molecule has 2 heteroatoms. The van der Waals surface area contributed by atoms with E-state index in [0.717, 1.165) is 0 Å². The van der Waals surface area contributed by atoms with E-state index in [1.807, 2.05) is 27.0 Å². The predicted octanol–water partition coefficient (Wildman–Crippen LogP) is 1.51. The van der Waals surface area contributed by atoms with Crippen LogP contribution in [0.1, 0.15) is 20.8 Å². The zero-order valence-corrected chi connectivity index (χ0v) is 5.60. The second-order valence-corrected chi connectivity index (χ2v) is 1.74. The lowest BCUT2D eigenvalue weighted by atomic mass is 10.4. The maximum absolute atomic E-state index is 3.76. The van der Waals surface area contributed by atoms with Crippen LogP contribution < -0.4 is 5.43 Å². The molecule has 2 nitrogen and oxygen atoms in total. The highest BCUT2D eigenvalue weighted by atomic mass is 15.3. The Kier molecular flexibility index (Phi) is 3.94. The van der Waals surface area contributed by atoms with Gasteiger partial charge in [0.25, 0.3) is 0 Å². The van der Waals surface area contributed by atoms with Gasteiger partial charge in [0, 0.05) is 12.4 Å². The highest BCUT2D eigenvalue weighted by Gasteiger charge is 1.68. The third-order valence-electron chi connectivity index (χ3n) is 0.557. The largest absolute Gasteiger partial charge is 0.286 e. The first-order chi connectivity index (χ1) is 3.77. The smallest absolute Gasteiger partial charge is 0.0215 e. The Morgan fingerprint density at radius 2 is 2.12 bits per heavy atom. The van der Waals surface area contributed by atoms with Crippen LogP contribution >= 0.6 is 0 Å². The molecule has 0 fully saturated rings. The van der Waals surface area contributed by atoms with E-state index < -0.39 is 0 Å². The third-order valence-corrected chi connectivity index (χ3v) is 0.557. The Morgan fingerprint density at radius 1 is 1.50 bits per heavy atom. The lowest BCUT2D eigenvalue weighted by Crippen LogP contribution is -1.92. The summed E-state index contributed by atoms with van der Waals surface area (Å²) in [4.78, 5) is 0. The molecular weight excluding hydrogens is 100 g/mol. The highest BCUT2D eigenvalue weighted by Crippen LogP contribution is 1.82. The predicted molar refractivity (Wildman–Crippen MR) is 36.7 cm³/mol. The Morgan fingerprint density at radius 3 is 2.50 bits per heavy atom. The van der Waals surface area contributed by atoms with Crippen molar-refractivity contribution in [1.29, 1.82) is 0 Å². The summed E-state index contributed by atoms with van der Waals surface area (Å²) in [5.41, 5.74) is 3.96. The minimum atomic E-state index is 1.22. The van der Waals surface area contributed by atoms with Crippen molar-refractivity contribution < 1.29 is 0 Å². The summed E-state index contributed by atoms with van der Waals surface area (Å²) in [6.45, 7) is 5.89. The molecule has 0 rings (SSSR count). The number of nitrogens with zero attached hydrogens (tertiary/aromatic N) is 1. The van der Waals surface area contributed by atoms with Crippen molar-refractivity contribution in [3.63, 3.8) is 0 Å². The summed E-state index contributed by atoms with van der Waals surface area (Å²) in [6.07, 6.45) is 3.56. The Labute approximate surface area is 50.3 Å². The van der Waals surface area contributed by atoms with Gasteiger partial charge in [0.05, 0.1) is 0 Å². The number of rotatable bonds is 2. The van der Waals surface area contributed by atoms with Gasteiger partial charge >= 0.3 is 0 Å². The van der Waals surface area contributed by atoms with Gasteiger partial charge in [0.2, 0.25) is 0 Å². The topological polar surface area (TPSA) is 24.4 Å². The van der Waals surface area contributed by atoms with E-state index in [4.69, 9.17) is 0 Å². The molecule has 0 spiro atoms. The average molecular weight is 112 g/mol. The quantitative estimate of drug-likeness (QED) is 0.425. The van der Waals surface area contributed by atoms with Gasteiger partial charge < -0.3 is 0 Å². The summed E-state index contributed by atoms with van der Waals surface area (Å²) in [5, 5.41) is 3.76. The molecule has 0 atom stereocenters. The first-order valence-corrected chi connectivity index (χ1v) is 2.64. The molecule has 0 aromatic carbocycles. The van der Waals surface area contributed by atoms with E-state index >= 15 is 0 Å².